The van der Waals surface area contributed by atoms with Crippen LogP contribution in [0, 0.1) is 0 Å². The Hall–Kier alpha value is -1.08. The fourth-order valence-corrected chi connectivity index (χ4v) is 2.51. The summed E-state index contributed by atoms with van der Waals surface area (Å²) in [5.74, 6) is 0. The standard InChI is InChI=1S/C16H16N2S4/c1-21-15(19)17-13-7-3-11(4-8-13)12-5-9-14(10-6-12)18-16(20)22-2/h3-10H,1-2H3,(H,17,19)(H,18,20). The fraction of sp³-hybridized carbons (Fsp3) is 0.125. The summed E-state index contributed by atoms with van der Waals surface area (Å²) < 4.78 is 1.54. The van der Waals surface area contributed by atoms with Gasteiger partial charge in [0.15, 0.2) is 0 Å². The maximum atomic E-state index is 5.15. The molecule has 2 rings (SSSR count). The van der Waals surface area contributed by atoms with Crippen molar-refractivity contribution in [2.75, 3.05) is 23.1 Å². The molecule has 2 nitrogen and oxygen atoms in total. The maximum absolute atomic E-state index is 5.15. The van der Waals surface area contributed by atoms with E-state index in [1.54, 1.807) is 0 Å². The van der Waals surface area contributed by atoms with Crippen LogP contribution in [0.5, 0.6) is 0 Å². The van der Waals surface area contributed by atoms with Crippen LogP contribution in [0.15, 0.2) is 48.5 Å². The molecule has 0 fully saturated rings. The first-order chi connectivity index (χ1) is 10.6. The molecule has 2 aromatic carbocycles. The van der Waals surface area contributed by atoms with Crippen molar-refractivity contribution in [1.82, 2.24) is 0 Å². The van der Waals surface area contributed by atoms with E-state index >= 15 is 0 Å². The van der Waals surface area contributed by atoms with Crippen LogP contribution in [0.25, 0.3) is 11.1 Å². The second kappa shape index (κ2) is 8.53. The predicted octanol–water partition coefficient (Wildman–Crippen LogP) is 5.47. The van der Waals surface area contributed by atoms with Gasteiger partial charge in [-0.3, -0.25) is 0 Å². The number of benzene rings is 2. The summed E-state index contributed by atoms with van der Waals surface area (Å²) in [5, 5.41) is 6.35. The topological polar surface area (TPSA) is 24.1 Å². The average molecular weight is 365 g/mol. The monoisotopic (exact) mass is 364 g/mol. The molecule has 0 aliphatic rings. The van der Waals surface area contributed by atoms with Crippen LogP contribution < -0.4 is 10.6 Å². The molecular weight excluding hydrogens is 348 g/mol. The summed E-state index contributed by atoms with van der Waals surface area (Å²) in [6, 6.07) is 16.5. The first kappa shape index (κ1) is 17.3. The van der Waals surface area contributed by atoms with E-state index in [-0.39, 0.29) is 0 Å². The van der Waals surface area contributed by atoms with E-state index < -0.39 is 0 Å². The molecule has 0 saturated heterocycles. The molecular formula is C16H16N2S4. The van der Waals surface area contributed by atoms with Crippen LogP contribution in [0.3, 0.4) is 0 Å². The van der Waals surface area contributed by atoms with Gasteiger partial charge < -0.3 is 10.6 Å². The molecule has 0 spiro atoms. The number of rotatable bonds is 3. The smallest absolute Gasteiger partial charge is 0.137 e. The maximum Gasteiger partial charge on any atom is 0.137 e. The van der Waals surface area contributed by atoms with E-state index in [4.69, 9.17) is 24.4 Å². The molecule has 0 aromatic heterocycles. The van der Waals surface area contributed by atoms with E-state index in [0.29, 0.717) is 0 Å². The Balaban J connectivity index is 2.08. The Kier molecular flexibility index (Phi) is 6.70. The lowest BCUT2D eigenvalue weighted by Crippen LogP contribution is -2.03. The highest BCUT2D eigenvalue weighted by Gasteiger charge is 2.01. The molecule has 114 valence electrons. The number of hydrogen-bond donors (Lipinski definition) is 2. The second-order valence-corrected chi connectivity index (χ2v) is 7.35. The van der Waals surface area contributed by atoms with Crippen LogP contribution in [-0.4, -0.2) is 21.2 Å². The van der Waals surface area contributed by atoms with Crippen molar-refractivity contribution in [3.63, 3.8) is 0 Å². The van der Waals surface area contributed by atoms with Crippen molar-refractivity contribution >= 4 is 68.0 Å². The zero-order chi connectivity index (χ0) is 15.9. The van der Waals surface area contributed by atoms with Gasteiger partial charge in [-0.15, -0.1) is 23.5 Å². The normalized spacial score (nSPS) is 10.1. The summed E-state index contributed by atoms with van der Waals surface area (Å²) in [5.41, 5.74) is 4.35. The van der Waals surface area contributed by atoms with E-state index in [0.717, 1.165) is 20.0 Å². The Bertz CT molecular complexity index is 591. The number of thioether (sulfide) groups is 2. The summed E-state index contributed by atoms with van der Waals surface area (Å²) in [6.45, 7) is 0. The van der Waals surface area contributed by atoms with Crippen molar-refractivity contribution in [1.29, 1.82) is 0 Å². The van der Waals surface area contributed by atoms with Gasteiger partial charge in [0.25, 0.3) is 0 Å². The highest BCUT2D eigenvalue weighted by molar-refractivity contribution is 8.23. The molecule has 0 saturated carbocycles. The molecule has 2 aromatic rings. The van der Waals surface area contributed by atoms with Gasteiger partial charge in [-0.25, -0.2) is 0 Å². The van der Waals surface area contributed by atoms with Gasteiger partial charge in [0.2, 0.25) is 0 Å². The van der Waals surface area contributed by atoms with E-state index in [2.05, 4.69) is 34.9 Å². The third kappa shape index (κ3) is 4.98. The minimum atomic E-state index is 0.771. The molecule has 0 bridgehead atoms. The predicted molar refractivity (Wildman–Crippen MR) is 111 cm³/mol. The van der Waals surface area contributed by atoms with E-state index in [1.807, 2.05) is 36.8 Å². The van der Waals surface area contributed by atoms with Gasteiger partial charge >= 0.3 is 0 Å². The molecule has 0 radical (unpaired) electrons. The minimum Gasteiger partial charge on any atom is -0.341 e. The quantitative estimate of drug-likeness (QED) is 0.700. The van der Waals surface area contributed by atoms with Gasteiger partial charge in [0.05, 0.1) is 0 Å². The first-order valence-corrected chi connectivity index (χ1v) is 9.79. The van der Waals surface area contributed by atoms with E-state index in [9.17, 15) is 0 Å². The van der Waals surface area contributed by atoms with Crippen molar-refractivity contribution in [2.45, 2.75) is 0 Å². The van der Waals surface area contributed by atoms with Gasteiger partial charge in [0.1, 0.15) is 8.64 Å². The van der Waals surface area contributed by atoms with Gasteiger partial charge in [-0.05, 0) is 47.9 Å². The molecule has 0 heterocycles. The molecule has 2 N–H and O–H groups in total. The molecule has 6 heteroatoms. The highest BCUT2D eigenvalue weighted by atomic mass is 32.2. The fourth-order valence-electron chi connectivity index (χ4n) is 1.83. The van der Waals surface area contributed by atoms with Crippen LogP contribution >= 0.6 is 48.0 Å². The Morgan fingerprint density at radius 1 is 0.682 bits per heavy atom. The number of nitrogens with one attached hydrogen (secondary N) is 2. The number of anilines is 2. The molecule has 0 atom stereocenters. The van der Waals surface area contributed by atoms with Crippen LogP contribution in [0.1, 0.15) is 0 Å². The van der Waals surface area contributed by atoms with Crippen molar-refractivity contribution < 1.29 is 0 Å². The highest BCUT2D eigenvalue weighted by Crippen LogP contribution is 2.24. The Labute approximate surface area is 150 Å². The zero-order valence-corrected chi connectivity index (χ0v) is 15.5. The van der Waals surface area contributed by atoms with Gasteiger partial charge in [-0.2, -0.15) is 0 Å². The number of hydrogen-bond acceptors (Lipinski definition) is 4. The largest absolute Gasteiger partial charge is 0.341 e. The third-order valence-corrected chi connectivity index (χ3v) is 5.12. The first-order valence-electron chi connectivity index (χ1n) is 6.53. The van der Waals surface area contributed by atoms with Crippen molar-refractivity contribution in [3.05, 3.63) is 48.5 Å². The van der Waals surface area contributed by atoms with E-state index in [1.165, 1.54) is 34.7 Å². The third-order valence-electron chi connectivity index (χ3n) is 2.97. The lowest BCUT2D eigenvalue weighted by Gasteiger charge is -2.09. The van der Waals surface area contributed by atoms with Crippen LogP contribution in [0.4, 0.5) is 11.4 Å². The molecule has 0 unspecified atom stereocenters. The minimum absolute atomic E-state index is 0.771. The summed E-state index contributed by atoms with van der Waals surface area (Å²) in [7, 11) is 0. The van der Waals surface area contributed by atoms with Gasteiger partial charge in [-0.1, -0.05) is 48.7 Å². The Morgan fingerprint density at radius 2 is 1.00 bits per heavy atom. The lowest BCUT2D eigenvalue weighted by atomic mass is 10.1. The lowest BCUT2D eigenvalue weighted by molar-refractivity contribution is 1.59. The van der Waals surface area contributed by atoms with Crippen molar-refractivity contribution in [2.24, 2.45) is 0 Å². The summed E-state index contributed by atoms with van der Waals surface area (Å²) in [4.78, 5) is 0. The van der Waals surface area contributed by atoms with Crippen LogP contribution in [-0.2, 0) is 0 Å². The summed E-state index contributed by atoms with van der Waals surface area (Å²) in [6.07, 6.45) is 3.92. The average Bonchev–Trinajstić information content (AvgIpc) is 2.56. The molecule has 0 aliphatic carbocycles. The second-order valence-electron chi connectivity index (χ2n) is 4.39. The van der Waals surface area contributed by atoms with Crippen molar-refractivity contribution in [3.8, 4) is 11.1 Å². The van der Waals surface area contributed by atoms with Crippen LogP contribution in [0.2, 0.25) is 0 Å². The SMILES string of the molecule is CSC(=S)Nc1ccc(-c2ccc(NC(=S)SC)cc2)cc1. The molecule has 0 amide bonds. The molecule has 22 heavy (non-hydrogen) atoms. The van der Waals surface area contributed by atoms with Gasteiger partial charge in [0, 0.05) is 11.4 Å². The summed E-state index contributed by atoms with van der Waals surface area (Å²) >= 11 is 13.4. The number of thiocarbonyl (C=S) groups is 2. The zero-order valence-electron chi connectivity index (χ0n) is 12.3. The molecule has 0 aliphatic heterocycles. The Morgan fingerprint density at radius 3 is 1.27 bits per heavy atom.